The standard InChI is InChI=1S/C19H25N5O2S/c1-12-7-16(25-5)17(26-6)9-15(12)10-22(4)11-23-19(27)24-14(3)8-13(2)20-18(24)21-23/h7-9H,10-11H2,1-6H3. The third-order valence-corrected chi connectivity index (χ3v) is 4.92. The molecule has 0 saturated heterocycles. The Balaban J connectivity index is 1.86. The van der Waals surface area contributed by atoms with Gasteiger partial charge in [0.1, 0.15) is 0 Å². The van der Waals surface area contributed by atoms with Crippen LogP contribution in [0.5, 0.6) is 11.5 Å². The fourth-order valence-corrected chi connectivity index (χ4v) is 3.51. The van der Waals surface area contributed by atoms with E-state index in [1.54, 1.807) is 18.9 Å². The molecule has 0 saturated carbocycles. The summed E-state index contributed by atoms with van der Waals surface area (Å²) in [6.45, 7) is 7.33. The van der Waals surface area contributed by atoms with Crippen molar-refractivity contribution in [3.05, 3.63) is 45.5 Å². The number of hydrogen-bond acceptors (Lipinski definition) is 6. The van der Waals surface area contributed by atoms with Gasteiger partial charge >= 0.3 is 0 Å². The lowest BCUT2D eigenvalue weighted by molar-refractivity contribution is 0.243. The van der Waals surface area contributed by atoms with Crippen molar-refractivity contribution in [2.75, 3.05) is 21.3 Å². The number of aryl methyl sites for hydroxylation is 3. The molecule has 144 valence electrons. The van der Waals surface area contributed by atoms with Crippen LogP contribution >= 0.6 is 12.2 Å². The predicted molar refractivity (Wildman–Crippen MR) is 107 cm³/mol. The van der Waals surface area contributed by atoms with Crippen LogP contribution in [0.2, 0.25) is 0 Å². The molecule has 2 heterocycles. The molecule has 27 heavy (non-hydrogen) atoms. The van der Waals surface area contributed by atoms with Crippen molar-refractivity contribution in [2.45, 2.75) is 34.0 Å². The highest BCUT2D eigenvalue weighted by atomic mass is 32.1. The van der Waals surface area contributed by atoms with E-state index in [0.717, 1.165) is 40.6 Å². The van der Waals surface area contributed by atoms with Crippen molar-refractivity contribution in [3.63, 3.8) is 0 Å². The van der Waals surface area contributed by atoms with Crippen LogP contribution < -0.4 is 9.47 Å². The molecule has 0 unspecified atom stereocenters. The maximum Gasteiger partial charge on any atom is 0.254 e. The molecular formula is C19H25N5O2S. The highest BCUT2D eigenvalue weighted by Crippen LogP contribution is 2.30. The number of benzene rings is 1. The highest BCUT2D eigenvalue weighted by molar-refractivity contribution is 7.71. The number of methoxy groups -OCH3 is 2. The van der Waals surface area contributed by atoms with Gasteiger partial charge in [0.15, 0.2) is 11.5 Å². The Labute approximate surface area is 164 Å². The summed E-state index contributed by atoms with van der Waals surface area (Å²) >= 11 is 5.60. The Morgan fingerprint density at radius 2 is 1.74 bits per heavy atom. The van der Waals surface area contributed by atoms with E-state index in [0.29, 0.717) is 17.2 Å². The molecule has 7 nitrogen and oxygen atoms in total. The Kier molecular flexibility index (Phi) is 5.48. The minimum Gasteiger partial charge on any atom is -0.493 e. The van der Waals surface area contributed by atoms with Crippen molar-refractivity contribution in [2.24, 2.45) is 0 Å². The van der Waals surface area contributed by atoms with Crippen LogP contribution in [-0.4, -0.2) is 45.3 Å². The van der Waals surface area contributed by atoms with Gasteiger partial charge in [-0.25, -0.2) is 9.67 Å². The maximum atomic E-state index is 5.60. The molecule has 2 aromatic heterocycles. The summed E-state index contributed by atoms with van der Waals surface area (Å²) in [6.07, 6.45) is 0. The number of rotatable bonds is 6. The molecule has 0 amide bonds. The molecule has 0 aliphatic carbocycles. The molecule has 0 bridgehead atoms. The zero-order chi connectivity index (χ0) is 19.7. The molecule has 0 aliphatic heterocycles. The van der Waals surface area contributed by atoms with Gasteiger partial charge < -0.3 is 9.47 Å². The van der Waals surface area contributed by atoms with Crippen LogP contribution in [0.15, 0.2) is 18.2 Å². The van der Waals surface area contributed by atoms with E-state index in [1.807, 2.05) is 43.5 Å². The Hall–Kier alpha value is -2.45. The number of ether oxygens (including phenoxy) is 2. The molecule has 0 fully saturated rings. The van der Waals surface area contributed by atoms with Crippen molar-refractivity contribution in [1.82, 2.24) is 24.1 Å². The summed E-state index contributed by atoms with van der Waals surface area (Å²) in [5.74, 6) is 2.10. The van der Waals surface area contributed by atoms with Crippen LogP contribution in [0, 0.1) is 25.5 Å². The van der Waals surface area contributed by atoms with Gasteiger partial charge in [-0.05, 0) is 69.4 Å². The van der Waals surface area contributed by atoms with Crippen LogP contribution in [0.1, 0.15) is 22.5 Å². The van der Waals surface area contributed by atoms with E-state index in [9.17, 15) is 0 Å². The lowest BCUT2D eigenvalue weighted by Crippen LogP contribution is -2.23. The summed E-state index contributed by atoms with van der Waals surface area (Å²) in [5, 5.41) is 4.58. The first kappa shape index (κ1) is 19.3. The molecule has 0 aliphatic rings. The fraction of sp³-hybridized carbons (Fsp3) is 0.421. The van der Waals surface area contributed by atoms with Gasteiger partial charge in [0.25, 0.3) is 5.78 Å². The molecule has 0 N–H and O–H groups in total. The van der Waals surface area contributed by atoms with Crippen LogP contribution in [0.25, 0.3) is 5.78 Å². The minimum atomic E-state index is 0.564. The van der Waals surface area contributed by atoms with E-state index in [2.05, 4.69) is 21.9 Å². The van der Waals surface area contributed by atoms with Gasteiger partial charge in [-0.15, -0.1) is 5.10 Å². The average Bonchev–Trinajstić information content (AvgIpc) is 2.91. The Morgan fingerprint density at radius 1 is 1.07 bits per heavy atom. The summed E-state index contributed by atoms with van der Waals surface area (Å²) in [5.41, 5.74) is 4.27. The van der Waals surface area contributed by atoms with Gasteiger partial charge in [-0.2, -0.15) is 0 Å². The molecule has 8 heteroatoms. The Bertz CT molecular complexity index is 1040. The van der Waals surface area contributed by atoms with Crippen LogP contribution in [0.4, 0.5) is 0 Å². The Morgan fingerprint density at radius 3 is 2.41 bits per heavy atom. The predicted octanol–water partition coefficient (Wildman–Crippen LogP) is 3.29. The summed E-state index contributed by atoms with van der Waals surface area (Å²) in [6, 6.07) is 6.02. The smallest absolute Gasteiger partial charge is 0.254 e. The van der Waals surface area contributed by atoms with Gasteiger partial charge in [-0.1, -0.05) is 0 Å². The van der Waals surface area contributed by atoms with Gasteiger partial charge in [0, 0.05) is 17.9 Å². The fourth-order valence-electron chi connectivity index (χ4n) is 3.19. The van der Waals surface area contributed by atoms with E-state index < -0.39 is 0 Å². The first-order valence-corrected chi connectivity index (χ1v) is 9.08. The van der Waals surface area contributed by atoms with Crippen molar-refractivity contribution < 1.29 is 9.47 Å². The molecular weight excluding hydrogens is 362 g/mol. The lowest BCUT2D eigenvalue weighted by Gasteiger charge is -2.19. The summed E-state index contributed by atoms with van der Waals surface area (Å²) in [4.78, 5) is 6.63. The molecule has 0 spiro atoms. The molecule has 3 rings (SSSR count). The van der Waals surface area contributed by atoms with E-state index in [4.69, 9.17) is 21.7 Å². The normalized spacial score (nSPS) is 11.4. The third kappa shape index (κ3) is 3.81. The molecule has 1 aromatic carbocycles. The summed E-state index contributed by atoms with van der Waals surface area (Å²) < 4.78 is 15.1. The quantitative estimate of drug-likeness (QED) is 0.605. The van der Waals surface area contributed by atoms with Gasteiger partial charge in [0.05, 0.1) is 20.9 Å². The first-order valence-electron chi connectivity index (χ1n) is 8.68. The van der Waals surface area contributed by atoms with Crippen LogP contribution in [-0.2, 0) is 13.2 Å². The number of nitrogens with zero attached hydrogens (tertiary/aromatic N) is 5. The third-order valence-electron chi connectivity index (χ3n) is 4.53. The van der Waals surface area contributed by atoms with Crippen molar-refractivity contribution >= 4 is 18.0 Å². The minimum absolute atomic E-state index is 0.564. The average molecular weight is 388 g/mol. The largest absolute Gasteiger partial charge is 0.493 e. The van der Waals surface area contributed by atoms with Crippen molar-refractivity contribution in [3.8, 4) is 11.5 Å². The SMILES string of the molecule is COc1cc(C)c(CN(C)Cn2nc3nc(C)cc(C)n3c2=S)cc1OC. The van der Waals surface area contributed by atoms with E-state index in [1.165, 1.54) is 0 Å². The molecule has 0 atom stereocenters. The highest BCUT2D eigenvalue weighted by Gasteiger charge is 2.13. The lowest BCUT2D eigenvalue weighted by atomic mass is 10.1. The first-order chi connectivity index (χ1) is 12.8. The zero-order valence-corrected chi connectivity index (χ0v) is 17.4. The van der Waals surface area contributed by atoms with Gasteiger partial charge in [0.2, 0.25) is 4.77 Å². The topological polar surface area (TPSA) is 56.8 Å². The second-order valence-corrected chi connectivity index (χ2v) is 7.11. The molecule has 3 aromatic rings. The second-order valence-electron chi connectivity index (χ2n) is 6.75. The zero-order valence-electron chi connectivity index (χ0n) is 16.6. The van der Waals surface area contributed by atoms with E-state index >= 15 is 0 Å². The van der Waals surface area contributed by atoms with Crippen LogP contribution in [0.3, 0.4) is 0 Å². The van der Waals surface area contributed by atoms with Crippen molar-refractivity contribution in [1.29, 1.82) is 0 Å². The molecule has 0 radical (unpaired) electrons. The number of hydrogen-bond donors (Lipinski definition) is 0. The second kappa shape index (κ2) is 7.66. The summed E-state index contributed by atoms with van der Waals surface area (Å²) in [7, 11) is 5.33. The number of fused-ring (bicyclic) bond motifs is 1. The van der Waals surface area contributed by atoms with E-state index in [-0.39, 0.29) is 0 Å². The number of aromatic nitrogens is 4. The maximum absolute atomic E-state index is 5.60. The monoisotopic (exact) mass is 387 g/mol. The van der Waals surface area contributed by atoms with Gasteiger partial charge in [-0.3, -0.25) is 9.30 Å².